The molecule has 1 N–H and O–H groups in total. The lowest BCUT2D eigenvalue weighted by Gasteiger charge is -2.14. The van der Waals surface area contributed by atoms with Crippen molar-refractivity contribution in [2.24, 2.45) is 0 Å². The normalized spacial score (nSPS) is 11.5. The summed E-state index contributed by atoms with van der Waals surface area (Å²) in [4.78, 5) is 4.22. The molecule has 0 aliphatic rings. The van der Waals surface area contributed by atoms with Crippen molar-refractivity contribution >= 4 is 73.0 Å². The van der Waals surface area contributed by atoms with Crippen LogP contribution in [0, 0.1) is 6.92 Å². The highest BCUT2D eigenvalue weighted by molar-refractivity contribution is 7.92. The Labute approximate surface area is 204 Å². The molecule has 3 aromatic carbocycles. The van der Waals surface area contributed by atoms with Crippen LogP contribution in [0.5, 0.6) is 11.5 Å². The maximum absolute atomic E-state index is 12.8. The number of aromatic nitrogens is 1. The molecule has 0 amide bonds. The van der Waals surface area contributed by atoms with Crippen LogP contribution in [0.2, 0.25) is 20.1 Å². The minimum Gasteiger partial charge on any atom is -0.453 e. The fourth-order valence-electron chi connectivity index (χ4n) is 2.99. The Morgan fingerprint density at radius 2 is 1.56 bits per heavy atom. The van der Waals surface area contributed by atoms with Gasteiger partial charge >= 0.3 is 0 Å². The first-order valence-electron chi connectivity index (χ1n) is 9.14. The zero-order valence-corrected chi connectivity index (χ0v) is 20.2. The molecule has 0 saturated carbocycles. The van der Waals surface area contributed by atoms with E-state index in [1.54, 1.807) is 19.2 Å². The quantitative estimate of drug-likeness (QED) is 0.288. The van der Waals surface area contributed by atoms with Gasteiger partial charge in [0.05, 0.1) is 32.5 Å². The molecular formula is C22H14Cl4N2O3S. The van der Waals surface area contributed by atoms with Crippen molar-refractivity contribution in [3.63, 3.8) is 0 Å². The van der Waals surface area contributed by atoms with Crippen LogP contribution >= 0.6 is 46.4 Å². The van der Waals surface area contributed by atoms with Crippen molar-refractivity contribution in [2.75, 3.05) is 4.72 Å². The van der Waals surface area contributed by atoms with Crippen molar-refractivity contribution < 1.29 is 13.2 Å². The Kier molecular flexibility index (Phi) is 6.43. The topological polar surface area (TPSA) is 68.3 Å². The second-order valence-corrected chi connectivity index (χ2v) is 10.2. The number of sulfonamides is 1. The van der Waals surface area contributed by atoms with E-state index in [0.717, 1.165) is 10.9 Å². The number of anilines is 1. The summed E-state index contributed by atoms with van der Waals surface area (Å²) in [5.74, 6) is 0.609. The molecule has 32 heavy (non-hydrogen) atoms. The molecule has 0 radical (unpaired) electrons. The van der Waals surface area contributed by atoms with E-state index in [-0.39, 0.29) is 31.4 Å². The van der Waals surface area contributed by atoms with Gasteiger partial charge in [-0.3, -0.25) is 9.71 Å². The van der Waals surface area contributed by atoms with E-state index in [9.17, 15) is 8.42 Å². The van der Waals surface area contributed by atoms with Crippen molar-refractivity contribution in [3.8, 4) is 11.5 Å². The summed E-state index contributed by atoms with van der Waals surface area (Å²) >= 11 is 24.8. The summed E-state index contributed by atoms with van der Waals surface area (Å²) in [5.41, 5.74) is 1.53. The van der Waals surface area contributed by atoms with Crippen LogP contribution in [0.25, 0.3) is 10.9 Å². The minimum atomic E-state index is -4.02. The number of fused-ring (bicyclic) bond motifs is 1. The second-order valence-electron chi connectivity index (χ2n) is 6.87. The lowest BCUT2D eigenvalue weighted by atomic mass is 10.2. The summed E-state index contributed by atoms with van der Waals surface area (Å²) in [6.45, 7) is 1.68. The summed E-state index contributed by atoms with van der Waals surface area (Å²) < 4.78 is 33.9. The maximum atomic E-state index is 12.8. The van der Waals surface area contributed by atoms with Crippen LogP contribution in [0.15, 0.2) is 65.7 Å². The summed E-state index contributed by atoms with van der Waals surface area (Å²) in [6.07, 6.45) is 1.55. The first-order chi connectivity index (χ1) is 15.1. The highest BCUT2D eigenvalue weighted by Crippen LogP contribution is 2.40. The standard InChI is InChI=1S/C22H14Cl4N2O3S/c1-12-6-21(17(24)10-16(12)23)32(29,30)28-14-8-18(25)22(19(26)9-14)31-15-7-13-4-2-3-5-20(13)27-11-15/h2-11,28H,1H3. The van der Waals surface area contributed by atoms with E-state index in [1.165, 1.54) is 24.3 Å². The Morgan fingerprint density at radius 1 is 0.875 bits per heavy atom. The molecule has 0 unspecified atom stereocenters. The molecule has 10 heteroatoms. The molecule has 0 spiro atoms. The third-order valence-electron chi connectivity index (χ3n) is 4.54. The first-order valence-corrected chi connectivity index (χ1v) is 12.1. The number of rotatable bonds is 5. The molecule has 1 aromatic heterocycles. The highest BCUT2D eigenvalue weighted by atomic mass is 35.5. The Hall–Kier alpha value is -2.22. The zero-order chi connectivity index (χ0) is 23.0. The summed E-state index contributed by atoms with van der Waals surface area (Å²) in [7, 11) is -4.02. The van der Waals surface area contributed by atoms with E-state index in [0.29, 0.717) is 16.3 Å². The fraction of sp³-hybridized carbons (Fsp3) is 0.0455. The van der Waals surface area contributed by atoms with Gasteiger partial charge in [-0.05, 0) is 48.9 Å². The highest BCUT2D eigenvalue weighted by Gasteiger charge is 2.21. The number of nitrogens with zero attached hydrogens (tertiary/aromatic N) is 1. The molecule has 4 rings (SSSR count). The van der Waals surface area contributed by atoms with Crippen LogP contribution in [-0.2, 0) is 10.0 Å². The lowest BCUT2D eigenvalue weighted by molar-refractivity contribution is 0.482. The summed E-state index contributed by atoms with van der Waals surface area (Å²) in [5, 5.41) is 1.47. The van der Waals surface area contributed by atoms with E-state index < -0.39 is 10.0 Å². The molecule has 0 saturated heterocycles. The number of ether oxygens (including phenoxy) is 1. The number of para-hydroxylation sites is 1. The fourth-order valence-corrected chi connectivity index (χ4v) is 5.43. The van der Waals surface area contributed by atoms with E-state index >= 15 is 0 Å². The number of pyridine rings is 1. The van der Waals surface area contributed by atoms with Crippen LogP contribution < -0.4 is 9.46 Å². The van der Waals surface area contributed by atoms with Crippen LogP contribution in [0.3, 0.4) is 0 Å². The van der Waals surface area contributed by atoms with Crippen molar-refractivity contribution in [3.05, 3.63) is 86.4 Å². The number of hydrogen-bond donors (Lipinski definition) is 1. The number of hydrogen-bond acceptors (Lipinski definition) is 4. The molecule has 5 nitrogen and oxygen atoms in total. The van der Waals surface area contributed by atoms with E-state index in [4.69, 9.17) is 51.1 Å². The van der Waals surface area contributed by atoms with Gasteiger partial charge in [0.2, 0.25) is 0 Å². The third-order valence-corrected chi connectivity index (χ3v) is 7.35. The van der Waals surface area contributed by atoms with Gasteiger partial charge in [-0.15, -0.1) is 0 Å². The smallest absolute Gasteiger partial charge is 0.263 e. The molecule has 0 aliphatic heterocycles. The van der Waals surface area contributed by atoms with E-state index in [1.807, 2.05) is 24.3 Å². The van der Waals surface area contributed by atoms with Gasteiger partial charge in [-0.25, -0.2) is 8.42 Å². The molecular weight excluding hydrogens is 514 g/mol. The molecule has 164 valence electrons. The van der Waals surface area contributed by atoms with Crippen molar-refractivity contribution in [1.29, 1.82) is 0 Å². The molecule has 4 aromatic rings. The van der Waals surface area contributed by atoms with Crippen LogP contribution in [0.1, 0.15) is 5.56 Å². The predicted octanol–water partition coefficient (Wildman–Crippen LogP) is 7.75. The van der Waals surface area contributed by atoms with Gasteiger partial charge in [0, 0.05) is 10.4 Å². The average molecular weight is 528 g/mol. The van der Waals surface area contributed by atoms with Crippen molar-refractivity contribution in [2.45, 2.75) is 11.8 Å². The van der Waals surface area contributed by atoms with Gasteiger partial charge < -0.3 is 4.74 Å². The van der Waals surface area contributed by atoms with E-state index in [2.05, 4.69) is 9.71 Å². The Balaban J connectivity index is 1.63. The second kappa shape index (κ2) is 8.96. The number of benzene rings is 3. The third kappa shape index (κ3) is 4.75. The van der Waals surface area contributed by atoms with Gasteiger partial charge in [0.15, 0.2) is 5.75 Å². The van der Waals surface area contributed by atoms with Crippen LogP contribution in [0.4, 0.5) is 5.69 Å². The van der Waals surface area contributed by atoms with Gasteiger partial charge in [0.1, 0.15) is 10.6 Å². The largest absolute Gasteiger partial charge is 0.453 e. The SMILES string of the molecule is Cc1cc(S(=O)(=O)Nc2cc(Cl)c(Oc3cnc4ccccc4c3)c(Cl)c2)c(Cl)cc1Cl. The number of halogens is 4. The number of nitrogens with one attached hydrogen (secondary N) is 1. The molecule has 0 fully saturated rings. The average Bonchev–Trinajstić information content (AvgIpc) is 2.73. The Morgan fingerprint density at radius 3 is 2.28 bits per heavy atom. The van der Waals surface area contributed by atoms with Gasteiger partial charge in [-0.1, -0.05) is 64.6 Å². The number of aryl methyl sites for hydroxylation is 1. The molecule has 1 heterocycles. The van der Waals surface area contributed by atoms with Crippen LogP contribution in [-0.4, -0.2) is 13.4 Å². The molecule has 0 atom stereocenters. The maximum Gasteiger partial charge on any atom is 0.263 e. The zero-order valence-electron chi connectivity index (χ0n) is 16.4. The minimum absolute atomic E-state index is 0.00551. The predicted molar refractivity (Wildman–Crippen MR) is 130 cm³/mol. The lowest BCUT2D eigenvalue weighted by Crippen LogP contribution is -2.14. The van der Waals surface area contributed by atoms with Crippen molar-refractivity contribution in [1.82, 2.24) is 4.98 Å². The molecule has 0 bridgehead atoms. The van der Waals surface area contributed by atoms with Gasteiger partial charge in [0.25, 0.3) is 10.0 Å². The Bertz CT molecular complexity index is 1440. The summed E-state index contributed by atoms with van der Waals surface area (Å²) in [6, 6.07) is 14.9. The van der Waals surface area contributed by atoms with Gasteiger partial charge in [-0.2, -0.15) is 0 Å². The monoisotopic (exact) mass is 526 g/mol. The molecule has 0 aliphatic carbocycles. The first kappa shape index (κ1) is 23.0.